The van der Waals surface area contributed by atoms with Gasteiger partial charge in [0.1, 0.15) is 0 Å². The monoisotopic (exact) mass is 111 g/mol. The molecule has 0 amide bonds. The Hall–Kier alpha value is -0.260. The third-order valence-electron chi connectivity index (χ3n) is 1.50. The molecule has 1 unspecified atom stereocenters. The number of hydrogen-bond acceptors (Lipinski definition) is 0. The Morgan fingerprint density at radius 2 is 2.12 bits per heavy atom. The third-order valence-corrected chi connectivity index (χ3v) is 1.50. The van der Waals surface area contributed by atoms with Gasteiger partial charge < -0.3 is 0 Å². The van der Waals surface area contributed by atoms with Crippen LogP contribution < -0.4 is 0 Å². The van der Waals surface area contributed by atoms with Crippen molar-refractivity contribution in [1.29, 1.82) is 0 Å². The van der Waals surface area contributed by atoms with Crippen LogP contribution in [0.5, 0.6) is 0 Å². The largest absolute Gasteiger partial charge is 0.0705 e. The average molecular weight is 111 g/mol. The maximum Gasteiger partial charge on any atom is -0.0231 e. The van der Waals surface area contributed by atoms with Gasteiger partial charge in [-0.25, -0.2) is 0 Å². The average Bonchev–Trinajstić information content (AvgIpc) is 1.67. The first-order valence-corrected chi connectivity index (χ1v) is 3.27. The van der Waals surface area contributed by atoms with Crippen LogP contribution in [0, 0.1) is 12.5 Å². The van der Waals surface area contributed by atoms with Gasteiger partial charge in [-0.15, -0.1) is 0 Å². The lowest BCUT2D eigenvalue weighted by Crippen LogP contribution is -1.92. The van der Waals surface area contributed by atoms with E-state index in [2.05, 4.69) is 13.8 Å². The Labute approximate surface area is 52.6 Å². The lowest BCUT2D eigenvalue weighted by molar-refractivity contribution is 0.602. The molecule has 0 saturated carbocycles. The van der Waals surface area contributed by atoms with Gasteiger partial charge in [-0.2, -0.15) is 0 Å². The van der Waals surface area contributed by atoms with Crippen molar-refractivity contribution >= 4 is 0 Å². The highest BCUT2D eigenvalue weighted by molar-refractivity contribution is 4.90. The molecule has 47 valence electrons. The van der Waals surface area contributed by atoms with Gasteiger partial charge in [-0.3, -0.25) is 0 Å². The highest BCUT2D eigenvalue weighted by Crippen LogP contribution is 2.12. The van der Waals surface area contributed by atoms with E-state index >= 15 is 0 Å². The molecule has 0 nitrogen and oxygen atoms in total. The molecular weight excluding hydrogens is 96.1 g/mol. The normalized spacial score (nSPS) is 13.4. The predicted molar refractivity (Wildman–Crippen MR) is 37.6 cm³/mol. The maximum absolute atomic E-state index is 5.54. The fourth-order valence-corrected chi connectivity index (χ4v) is 0.661. The van der Waals surface area contributed by atoms with E-state index < -0.39 is 0 Å². The zero-order valence-electron chi connectivity index (χ0n) is 6.07. The molecule has 0 aromatic rings. The van der Waals surface area contributed by atoms with Crippen molar-refractivity contribution in [1.82, 2.24) is 0 Å². The molecule has 0 spiro atoms. The van der Waals surface area contributed by atoms with Crippen LogP contribution in [0.15, 0.2) is 5.57 Å². The van der Waals surface area contributed by atoms with Gasteiger partial charge in [0.05, 0.1) is 0 Å². The Morgan fingerprint density at radius 3 is 2.25 bits per heavy atom. The van der Waals surface area contributed by atoms with Gasteiger partial charge >= 0.3 is 0 Å². The third kappa shape index (κ3) is 2.84. The second kappa shape index (κ2) is 3.71. The topological polar surface area (TPSA) is 0 Å². The first kappa shape index (κ1) is 7.74. The summed E-state index contributed by atoms with van der Waals surface area (Å²) in [4.78, 5) is 0. The van der Waals surface area contributed by atoms with E-state index in [1.54, 1.807) is 0 Å². The van der Waals surface area contributed by atoms with Crippen LogP contribution in [0.3, 0.4) is 0 Å². The Kier molecular flexibility index (Phi) is 3.59. The summed E-state index contributed by atoms with van der Waals surface area (Å²) in [5.74, 6) is 0.611. The van der Waals surface area contributed by atoms with E-state index in [0.29, 0.717) is 5.92 Å². The van der Waals surface area contributed by atoms with Crippen molar-refractivity contribution in [3.8, 4) is 0 Å². The van der Waals surface area contributed by atoms with Crippen molar-refractivity contribution in [2.75, 3.05) is 0 Å². The molecule has 0 rings (SSSR count). The smallest absolute Gasteiger partial charge is 0.0231 e. The van der Waals surface area contributed by atoms with Gasteiger partial charge in [-0.1, -0.05) is 32.4 Å². The molecule has 0 heteroatoms. The molecule has 1 radical (unpaired) electrons. The minimum Gasteiger partial charge on any atom is -0.0705 e. The lowest BCUT2D eigenvalue weighted by Gasteiger charge is -2.06. The summed E-state index contributed by atoms with van der Waals surface area (Å²) in [7, 11) is 0. The highest BCUT2D eigenvalue weighted by Gasteiger charge is 1.97. The fourth-order valence-electron chi connectivity index (χ4n) is 0.661. The van der Waals surface area contributed by atoms with E-state index in [9.17, 15) is 0 Å². The van der Waals surface area contributed by atoms with Crippen molar-refractivity contribution in [2.45, 2.75) is 33.6 Å². The molecule has 8 heavy (non-hydrogen) atoms. The summed E-state index contributed by atoms with van der Waals surface area (Å²) in [6, 6.07) is 0. The van der Waals surface area contributed by atoms with Crippen LogP contribution >= 0.6 is 0 Å². The summed E-state index contributed by atoms with van der Waals surface area (Å²) >= 11 is 0. The van der Waals surface area contributed by atoms with E-state index in [-0.39, 0.29) is 0 Å². The molecule has 0 N–H and O–H groups in total. The molecule has 0 aliphatic rings. The van der Waals surface area contributed by atoms with E-state index in [4.69, 9.17) is 6.58 Å². The van der Waals surface area contributed by atoms with Gasteiger partial charge in [0.25, 0.3) is 0 Å². The quantitative estimate of drug-likeness (QED) is 0.525. The second-order valence-corrected chi connectivity index (χ2v) is 2.43. The maximum atomic E-state index is 5.54. The molecule has 0 fully saturated rings. The standard InChI is InChI=1S/C8H15/c1-5-6-8(4)7(2)3/h2,8H,5-6H2,1,3-4H3. The fraction of sp³-hybridized carbons (Fsp3) is 0.750. The SMILES string of the molecule is [CH]=C(C)C(C)CCC. The molecule has 1 atom stereocenters. The van der Waals surface area contributed by atoms with E-state index in [0.717, 1.165) is 5.57 Å². The van der Waals surface area contributed by atoms with Crippen LogP contribution in [0.25, 0.3) is 0 Å². The van der Waals surface area contributed by atoms with Gasteiger partial charge in [-0.05, 0) is 19.3 Å². The van der Waals surface area contributed by atoms with Gasteiger partial charge in [0, 0.05) is 0 Å². The highest BCUT2D eigenvalue weighted by atomic mass is 14.0. The van der Waals surface area contributed by atoms with Crippen molar-refractivity contribution in [2.24, 2.45) is 5.92 Å². The van der Waals surface area contributed by atoms with Crippen LogP contribution in [0.4, 0.5) is 0 Å². The Bertz CT molecular complexity index is 72.1. The number of hydrogen-bond donors (Lipinski definition) is 0. The summed E-state index contributed by atoms with van der Waals surface area (Å²) in [6.45, 7) is 11.9. The van der Waals surface area contributed by atoms with E-state index in [1.165, 1.54) is 12.8 Å². The first-order chi connectivity index (χ1) is 3.68. The molecule has 0 bridgehead atoms. The summed E-state index contributed by atoms with van der Waals surface area (Å²) in [6.07, 6.45) is 2.46. The summed E-state index contributed by atoms with van der Waals surface area (Å²) in [5, 5.41) is 0. The molecule has 0 aromatic heterocycles. The molecule has 0 aromatic carbocycles. The number of allylic oxidation sites excluding steroid dienone is 1. The lowest BCUT2D eigenvalue weighted by atomic mass is 10.00. The number of rotatable bonds is 3. The van der Waals surface area contributed by atoms with Crippen LogP contribution in [-0.2, 0) is 0 Å². The van der Waals surface area contributed by atoms with Crippen molar-refractivity contribution < 1.29 is 0 Å². The zero-order chi connectivity index (χ0) is 6.57. The van der Waals surface area contributed by atoms with Crippen LogP contribution in [-0.4, -0.2) is 0 Å². The Morgan fingerprint density at radius 1 is 1.62 bits per heavy atom. The molecule has 0 aliphatic heterocycles. The summed E-state index contributed by atoms with van der Waals surface area (Å²) < 4.78 is 0. The molecule has 0 heterocycles. The second-order valence-electron chi connectivity index (χ2n) is 2.43. The zero-order valence-corrected chi connectivity index (χ0v) is 6.07. The molecule has 0 aliphatic carbocycles. The van der Waals surface area contributed by atoms with E-state index in [1.807, 2.05) is 6.92 Å². The molecule has 0 saturated heterocycles. The Balaban J connectivity index is 3.32. The minimum absolute atomic E-state index is 0.611. The van der Waals surface area contributed by atoms with Crippen molar-refractivity contribution in [3.63, 3.8) is 0 Å². The van der Waals surface area contributed by atoms with Gasteiger partial charge in [0.2, 0.25) is 0 Å². The molecular formula is C8H15. The summed E-state index contributed by atoms with van der Waals surface area (Å²) in [5.41, 5.74) is 1.06. The van der Waals surface area contributed by atoms with Gasteiger partial charge in [0.15, 0.2) is 0 Å². The first-order valence-electron chi connectivity index (χ1n) is 3.27. The minimum atomic E-state index is 0.611. The van der Waals surface area contributed by atoms with Crippen molar-refractivity contribution in [3.05, 3.63) is 12.2 Å². The predicted octanol–water partition coefficient (Wildman–Crippen LogP) is 2.80. The van der Waals surface area contributed by atoms with Crippen LogP contribution in [0.2, 0.25) is 0 Å². The van der Waals surface area contributed by atoms with Crippen LogP contribution in [0.1, 0.15) is 33.6 Å².